The SMILES string of the molecule is CN(C)c1ccc(C[C@@H](C(=O)OCC#N)N(C)C(=O)OCc2ccc(NC(=O)Cc3ccc(F)cc3)cc2)cn1. The summed E-state index contributed by atoms with van der Waals surface area (Å²) >= 11 is 0. The molecule has 1 N–H and O–H groups in total. The topological polar surface area (TPSA) is 125 Å². The lowest BCUT2D eigenvalue weighted by Crippen LogP contribution is -2.45. The second kappa shape index (κ2) is 14.2. The van der Waals surface area contributed by atoms with Crippen molar-refractivity contribution in [3.05, 3.63) is 89.4 Å². The van der Waals surface area contributed by atoms with E-state index in [0.717, 1.165) is 10.7 Å². The molecule has 0 aliphatic heterocycles. The normalized spacial score (nSPS) is 11.1. The van der Waals surface area contributed by atoms with Crippen LogP contribution in [-0.4, -0.2) is 61.6 Å². The van der Waals surface area contributed by atoms with Crippen molar-refractivity contribution in [2.45, 2.75) is 25.5 Å². The predicted octanol–water partition coefficient (Wildman–Crippen LogP) is 3.71. The van der Waals surface area contributed by atoms with Crippen LogP contribution in [-0.2, 0) is 38.5 Å². The largest absolute Gasteiger partial charge is 0.449 e. The van der Waals surface area contributed by atoms with Crippen molar-refractivity contribution < 1.29 is 28.2 Å². The van der Waals surface area contributed by atoms with Crippen LogP contribution in [0.4, 0.5) is 20.7 Å². The van der Waals surface area contributed by atoms with E-state index in [4.69, 9.17) is 14.7 Å². The van der Waals surface area contributed by atoms with Gasteiger partial charge in [0.25, 0.3) is 0 Å². The zero-order valence-electron chi connectivity index (χ0n) is 22.5. The number of anilines is 2. The fourth-order valence-corrected chi connectivity index (χ4v) is 3.65. The molecule has 1 heterocycles. The molecule has 0 radical (unpaired) electrons. The average Bonchev–Trinajstić information content (AvgIpc) is 2.95. The minimum atomic E-state index is -1.04. The molecule has 0 spiro atoms. The summed E-state index contributed by atoms with van der Waals surface area (Å²) in [5.74, 6) is -0.626. The van der Waals surface area contributed by atoms with Gasteiger partial charge in [-0.05, 0) is 47.0 Å². The summed E-state index contributed by atoms with van der Waals surface area (Å²) in [5, 5.41) is 11.5. The predicted molar refractivity (Wildman–Crippen MR) is 146 cm³/mol. The number of nitriles is 1. The fraction of sp³-hybridized carbons (Fsp3) is 0.276. The Morgan fingerprint density at radius 2 is 1.60 bits per heavy atom. The second-order valence-electron chi connectivity index (χ2n) is 9.12. The molecular formula is C29H30FN5O5. The van der Waals surface area contributed by atoms with Gasteiger partial charge >= 0.3 is 12.1 Å². The summed E-state index contributed by atoms with van der Waals surface area (Å²) in [7, 11) is 5.13. The molecule has 208 valence electrons. The minimum absolute atomic E-state index is 0.0774. The molecule has 2 amide bonds. The van der Waals surface area contributed by atoms with Crippen molar-refractivity contribution in [3.8, 4) is 6.07 Å². The zero-order chi connectivity index (χ0) is 29.1. The maximum Gasteiger partial charge on any atom is 0.410 e. The molecule has 0 aliphatic rings. The number of hydrogen-bond donors (Lipinski definition) is 1. The third-order valence-corrected chi connectivity index (χ3v) is 5.88. The van der Waals surface area contributed by atoms with Crippen molar-refractivity contribution in [1.82, 2.24) is 9.88 Å². The Morgan fingerprint density at radius 3 is 2.20 bits per heavy atom. The average molecular weight is 548 g/mol. The highest BCUT2D eigenvalue weighted by Gasteiger charge is 2.30. The van der Waals surface area contributed by atoms with Crippen LogP contribution in [0.1, 0.15) is 16.7 Å². The molecule has 0 aliphatic carbocycles. The van der Waals surface area contributed by atoms with Gasteiger partial charge in [0.15, 0.2) is 6.61 Å². The van der Waals surface area contributed by atoms with E-state index in [-0.39, 0.29) is 31.2 Å². The van der Waals surface area contributed by atoms with Crippen molar-refractivity contribution in [2.75, 3.05) is 38.0 Å². The summed E-state index contributed by atoms with van der Waals surface area (Å²) in [4.78, 5) is 45.0. The van der Waals surface area contributed by atoms with Crippen molar-refractivity contribution in [2.24, 2.45) is 0 Å². The van der Waals surface area contributed by atoms with E-state index in [1.165, 1.54) is 19.2 Å². The van der Waals surface area contributed by atoms with Crippen LogP contribution < -0.4 is 10.2 Å². The lowest BCUT2D eigenvalue weighted by atomic mass is 10.1. The van der Waals surface area contributed by atoms with Gasteiger partial charge in [-0.25, -0.2) is 19.0 Å². The fourth-order valence-electron chi connectivity index (χ4n) is 3.65. The van der Waals surface area contributed by atoms with E-state index in [2.05, 4.69) is 10.3 Å². The van der Waals surface area contributed by atoms with Crippen LogP contribution >= 0.6 is 0 Å². The number of rotatable bonds is 11. The molecule has 3 rings (SSSR count). The summed E-state index contributed by atoms with van der Waals surface area (Å²) in [6, 6.07) is 16.7. The van der Waals surface area contributed by atoms with E-state index in [9.17, 15) is 18.8 Å². The molecule has 0 saturated carbocycles. The Labute approximate surface area is 231 Å². The van der Waals surface area contributed by atoms with Gasteiger partial charge in [-0.3, -0.25) is 9.69 Å². The molecule has 0 saturated heterocycles. The number of esters is 1. The number of benzene rings is 2. The number of ether oxygens (including phenoxy) is 2. The highest BCUT2D eigenvalue weighted by molar-refractivity contribution is 5.92. The van der Waals surface area contributed by atoms with Crippen molar-refractivity contribution >= 4 is 29.5 Å². The Bertz CT molecular complexity index is 1340. The number of hydrogen-bond acceptors (Lipinski definition) is 8. The third-order valence-electron chi connectivity index (χ3n) is 5.88. The number of carbonyl (C=O) groups excluding carboxylic acids is 3. The molecule has 10 nitrogen and oxygen atoms in total. The van der Waals surface area contributed by atoms with Gasteiger partial charge in [-0.1, -0.05) is 30.3 Å². The van der Waals surface area contributed by atoms with Gasteiger partial charge in [0.05, 0.1) is 6.42 Å². The number of nitrogens with zero attached hydrogens (tertiary/aromatic N) is 4. The number of pyridine rings is 1. The number of carbonyl (C=O) groups is 3. The Balaban J connectivity index is 1.57. The van der Waals surface area contributed by atoms with Crippen LogP contribution in [0.2, 0.25) is 0 Å². The van der Waals surface area contributed by atoms with Crippen LogP contribution in [0.5, 0.6) is 0 Å². The number of likely N-dealkylation sites (N-methyl/N-ethyl adjacent to an activating group) is 1. The molecular weight excluding hydrogens is 517 g/mol. The number of nitrogens with one attached hydrogen (secondary N) is 1. The van der Waals surface area contributed by atoms with E-state index in [0.29, 0.717) is 22.4 Å². The van der Waals surface area contributed by atoms with Crippen molar-refractivity contribution in [1.29, 1.82) is 5.26 Å². The van der Waals surface area contributed by atoms with Gasteiger partial charge in [0, 0.05) is 39.4 Å². The first-order valence-electron chi connectivity index (χ1n) is 12.3. The molecule has 1 atom stereocenters. The Morgan fingerprint density at radius 1 is 0.950 bits per heavy atom. The first kappa shape index (κ1) is 29.6. The van der Waals surface area contributed by atoms with Crippen molar-refractivity contribution in [3.63, 3.8) is 0 Å². The summed E-state index contributed by atoms with van der Waals surface area (Å²) in [5.41, 5.74) is 2.59. The maximum absolute atomic E-state index is 13.0. The quantitative estimate of drug-likeness (QED) is 0.360. The highest BCUT2D eigenvalue weighted by atomic mass is 19.1. The molecule has 0 fully saturated rings. The van der Waals surface area contributed by atoms with E-state index >= 15 is 0 Å². The third kappa shape index (κ3) is 8.80. The van der Waals surface area contributed by atoms with Gasteiger partial charge < -0.3 is 19.7 Å². The lowest BCUT2D eigenvalue weighted by Gasteiger charge is -2.26. The van der Waals surface area contributed by atoms with E-state index in [1.54, 1.807) is 60.8 Å². The number of halogens is 1. The van der Waals surface area contributed by atoms with Crippen LogP contribution in [0.3, 0.4) is 0 Å². The number of aromatic nitrogens is 1. The molecule has 40 heavy (non-hydrogen) atoms. The molecule has 11 heteroatoms. The lowest BCUT2D eigenvalue weighted by molar-refractivity contribution is -0.147. The zero-order valence-corrected chi connectivity index (χ0v) is 22.5. The molecule has 3 aromatic rings. The molecule has 0 unspecified atom stereocenters. The summed E-state index contributed by atoms with van der Waals surface area (Å²) < 4.78 is 23.4. The van der Waals surface area contributed by atoms with Gasteiger partial charge in [-0.2, -0.15) is 5.26 Å². The van der Waals surface area contributed by atoms with Crippen LogP contribution in [0.25, 0.3) is 0 Å². The van der Waals surface area contributed by atoms with E-state index < -0.39 is 24.7 Å². The Hall–Kier alpha value is -4.98. The minimum Gasteiger partial charge on any atom is -0.449 e. The number of amides is 2. The highest BCUT2D eigenvalue weighted by Crippen LogP contribution is 2.16. The summed E-state index contributed by atoms with van der Waals surface area (Å²) in [6.45, 7) is -0.519. The van der Waals surface area contributed by atoms with Gasteiger partial charge in [-0.15, -0.1) is 0 Å². The van der Waals surface area contributed by atoms with Crippen LogP contribution in [0, 0.1) is 17.1 Å². The first-order valence-corrected chi connectivity index (χ1v) is 12.3. The van der Waals surface area contributed by atoms with Gasteiger partial charge in [0.1, 0.15) is 30.4 Å². The first-order chi connectivity index (χ1) is 19.2. The van der Waals surface area contributed by atoms with E-state index in [1.807, 2.05) is 19.0 Å². The second-order valence-corrected chi connectivity index (χ2v) is 9.12. The monoisotopic (exact) mass is 547 g/mol. The molecule has 0 bridgehead atoms. The smallest absolute Gasteiger partial charge is 0.410 e. The van der Waals surface area contributed by atoms with Crippen LogP contribution in [0.15, 0.2) is 66.9 Å². The van der Waals surface area contributed by atoms with Gasteiger partial charge in [0.2, 0.25) is 5.91 Å². The maximum atomic E-state index is 13.0. The summed E-state index contributed by atoms with van der Waals surface area (Å²) in [6.07, 6.45) is 1.07. The molecule has 2 aromatic carbocycles. The Kier molecular flexibility index (Phi) is 10.5. The standard InChI is InChI=1S/C29H30FN5O5/c1-34(2)26-13-8-22(18-32-26)16-25(28(37)39-15-14-31)35(3)29(38)40-19-21-6-11-24(12-7-21)33-27(36)17-20-4-9-23(30)10-5-20/h4-13,18,25H,15-17,19H2,1-3H3,(H,33,36)/t25-/m0/s1. The molecule has 1 aromatic heterocycles.